The second-order valence-corrected chi connectivity index (χ2v) is 19.0. The first-order valence-electron chi connectivity index (χ1n) is 21.7. The fourth-order valence-electron chi connectivity index (χ4n) is 8.41. The molecule has 0 saturated carbocycles. The summed E-state index contributed by atoms with van der Waals surface area (Å²) in [6, 6.07) is 41.3. The van der Waals surface area contributed by atoms with E-state index < -0.39 is 23.8 Å². The van der Waals surface area contributed by atoms with Crippen LogP contribution in [-0.2, 0) is 22.7 Å². The van der Waals surface area contributed by atoms with E-state index in [1.165, 1.54) is 23.5 Å². The standard InChI is InChI=1S/C52H52N6O6S2/c1-33(31-55(3)4)57-39-21-13-15-23-41(39)65-43-27-25-37(49(59)53-29-35-17-9-7-10-18-35)47(45(43)57)63-51(61)52(62)64-48-38(50(60)54-30-36-19-11-8-12-20-36)26-28-44-46(48)58(34(2)32-56(5)6)40-22-14-16-24-42(40)66-44/h7-28,33-34H,29-32H2,1-6H3,(H,53,59)(H,54,60)/t33-,34-/m0/s1. The van der Waals surface area contributed by atoms with E-state index in [1.54, 1.807) is 12.1 Å². The number of carbonyl (C=O) groups excluding carboxylic acids is 4. The average Bonchev–Trinajstić information content (AvgIpc) is 3.31. The van der Waals surface area contributed by atoms with E-state index in [0.717, 1.165) is 42.1 Å². The predicted molar refractivity (Wildman–Crippen MR) is 261 cm³/mol. The summed E-state index contributed by atoms with van der Waals surface area (Å²) in [7, 11) is 7.91. The van der Waals surface area contributed by atoms with Gasteiger partial charge in [0.25, 0.3) is 11.8 Å². The molecule has 338 valence electrons. The number of nitrogens with one attached hydrogen (secondary N) is 2. The van der Waals surface area contributed by atoms with Crippen LogP contribution < -0.4 is 29.9 Å². The largest absolute Gasteiger partial charge is 0.423 e. The first-order chi connectivity index (χ1) is 31.9. The van der Waals surface area contributed by atoms with E-state index in [0.29, 0.717) is 24.5 Å². The van der Waals surface area contributed by atoms with Gasteiger partial charge in [0, 0.05) is 57.8 Å². The average molecular weight is 921 g/mol. The quantitative estimate of drug-likeness (QED) is 0.0616. The van der Waals surface area contributed by atoms with Crippen LogP contribution in [0, 0.1) is 0 Å². The molecule has 0 radical (unpaired) electrons. The molecular weight excluding hydrogens is 869 g/mol. The fourth-order valence-corrected chi connectivity index (χ4v) is 10.6. The molecule has 6 aromatic rings. The van der Waals surface area contributed by atoms with Crippen molar-refractivity contribution < 1.29 is 28.7 Å². The highest BCUT2D eigenvalue weighted by Gasteiger charge is 2.38. The molecule has 0 spiro atoms. The molecule has 2 N–H and O–H groups in total. The molecule has 0 saturated heterocycles. The first kappa shape index (κ1) is 46.0. The number of amides is 2. The van der Waals surface area contributed by atoms with Gasteiger partial charge in [0.2, 0.25) is 0 Å². The van der Waals surface area contributed by atoms with Gasteiger partial charge in [-0.2, -0.15) is 0 Å². The summed E-state index contributed by atoms with van der Waals surface area (Å²) in [5.74, 6) is -3.91. The molecular formula is C52H52N6O6S2. The lowest BCUT2D eigenvalue weighted by Gasteiger charge is -2.39. The molecule has 2 atom stereocenters. The van der Waals surface area contributed by atoms with Gasteiger partial charge in [-0.25, -0.2) is 9.59 Å². The highest BCUT2D eigenvalue weighted by Crippen LogP contribution is 2.55. The second-order valence-electron chi connectivity index (χ2n) is 16.8. The first-order valence-corrected chi connectivity index (χ1v) is 23.3. The minimum Gasteiger partial charge on any atom is -0.415 e. The van der Waals surface area contributed by atoms with Crippen LogP contribution in [0.25, 0.3) is 0 Å². The summed E-state index contributed by atoms with van der Waals surface area (Å²) in [6.07, 6.45) is 0. The van der Waals surface area contributed by atoms with Crippen LogP contribution in [0.3, 0.4) is 0 Å². The zero-order valence-corrected chi connectivity index (χ0v) is 39.4. The van der Waals surface area contributed by atoms with Gasteiger partial charge in [-0.1, -0.05) is 108 Å². The normalized spacial score (nSPS) is 13.5. The third kappa shape index (κ3) is 9.97. The van der Waals surface area contributed by atoms with Crippen molar-refractivity contribution in [1.29, 1.82) is 0 Å². The van der Waals surface area contributed by atoms with Crippen molar-refractivity contribution in [3.05, 3.63) is 156 Å². The number of para-hydroxylation sites is 2. The van der Waals surface area contributed by atoms with E-state index in [9.17, 15) is 19.2 Å². The molecule has 2 heterocycles. The number of likely N-dealkylation sites (N-methyl/N-ethyl adjacent to an activating group) is 2. The predicted octanol–water partition coefficient (Wildman–Crippen LogP) is 9.16. The van der Waals surface area contributed by atoms with Gasteiger partial charge in [0.05, 0.1) is 33.9 Å². The number of ether oxygens (including phenoxy) is 2. The van der Waals surface area contributed by atoms with Crippen molar-refractivity contribution in [2.45, 2.75) is 58.6 Å². The van der Waals surface area contributed by atoms with Gasteiger partial charge in [-0.05, 0) is 102 Å². The van der Waals surface area contributed by atoms with E-state index >= 15 is 0 Å². The number of nitrogens with zero attached hydrogens (tertiary/aromatic N) is 4. The molecule has 14 heteroatoms. The minimum atomic E-state index is -1.37. The van der Waals surface area contributed by atoms with Gasteiger partial charge in [0.15, 0.2) is 11.5 Å². The van der Waals surface area contributed by atoms with E-state index in [1.807, 2.05) is 150 Å². The number of carbonyl (C=O) groups is 4. The molecule has 2 aliphatic heterocycles. The Morgan fingerprint density at radius 1 is 0.500 bits per heavy atom. The van der Waals surface area contributed by atoms with Crippen LogP contribution in [0.4, 0.5) is 22.7 Å². The van der Waals surface area contributed by atoms with Gasteiger partial charge in [-0.3, -0.25) is 9.59 Å². The number of hydrogen-bond acceptors (Lipinski definition) is 12. The number of rotatable bonds is 14. The summed E-state index contributed by atoms with van der Waals surface area (Å²) in [4.78, 5) is 69.4. The topological polar surface area (TPSA) is 124 Å². The number of benzene rings is 6. The fraction of sp³-hybridized carbons (Fsp3) is 0.231. The number of hydrogen-bond donors (Lipinski definition) is 2. The summed E-state index contributed by atoms with van der Waals surface area (Å²) in [5.41, 5.74) is 4.52. The third-order valence-electron chi connectivity index (χ3n) is 11.1. The van der Waals surface area contributed by atoms with Crippen molar-refractivity contribution in [2.75, 3.05) is 51.1 Å². The van der Waals surface area contributed by atoms with Crippen molar-refractivity contribution >= 4 is 70.0 Å². The molecule has 6 aromatic carbocycles. The maximum Gasteiger partial charge on any atom is 0.423 e. The van der Waals surface area contributed by atoms with Crippen LogP contribution in [0.15, 0.2) is 153 Å². The maximum atomic E-state index is 14.6. The zero-order valence-electron chi connectivity index (χ0n) is 37.7. The second kappa shape index (κ2) is 20.3. The molecule has 0 unspecified atom stereocenters. The highest BCUT2D eigenvalue weighted by molar-refractivity contribution is 8.00. The van der Waals surface area contributed by atoms with E-state index in [2.05, 4.69) is 44.1 Å². The minimum absolute atomic E-state index is 0.0580. The summed E-state index contributed by atoms with van der Waals surface area (Å²) in [6.45, 7) is 5.75. The van der Waals surface area contributed by atoms with Gasteiger partial charge < -0.3 is 39.7 Å². The Balaban J connectivity index is 1.21. The van der Waals surface area contributed by atoms with Crippen molar-refractivity contribution in [3.63, 3.8) is 0 Å². The molecule has 2 amide bonds. The van der Waals surface area contributed by atoms with E-state index in [-0.39, 0.29) is 47.8 Å². The summed E-state index contributed by atoms with van der Waals surface area (Å²) in [5, 5.41) is 5.96. The van der Waals surface area contributed by atoms with Crippen molar-refractivity contribution in [1.82, 2.24) is 20.4 Å². The maximum absolute atomic E-state index is 14.6. The molecule has 2 aliphatic rings. The van der Waals surface area contributed by atoms with Crippen molar-refractivity contribution in [3.8, 4) is 11.5 Å². The Bertz CT molecular complexity index is 2580. The lowest BCUT2D eigenvalue weighted by Crippen LogP contribution is -2.40. The van der Waals surface area contributed by atoms with Crippen LogP contribution >= 0.6 is 23.5 Å². The molecule has 0 aliphatic carbocycles. The lowest BCUT2D eigenvalue weighted by molar-refractivity contribution is -0.156. The Kier molecular flexibility index (Phi) is 14.1. The highest BCUT2D eigenvalue weighted by atomic mass is 32.2. The third-order valence-corrected chi connectivity index (χ3v) is 13.4. The Morgan fingerprint density at radius 2 is 0.864 bits per heavy atom. The molecule has 12 nitrogen and oxygen atoms in total. The molecule has 0 aromatic heterocycles. The van der Waals surface area contributed by atoms with Gasteiger partial charge >= 0.3 is 11.9 Å². The summed E-state index contributed by atoms with van der Waals surface area (Å²) >= 11 is 2.96. The van der Waals surface area contributed by atoms with Crippen molar-refractivity contribution in [2.24, 2.45) is 0 Å². The van der Waals surface area contributed by atoms with Crippen LogP contribution in [-0.4, -0.2) is 86.9 Å². The SMILES string of the molecule is C[C@@H](CN(C)C)N1c2ccccc2Sc2ccc(C(=O)NCc3ccccc3)c(OC(=O)C(=O)Oc3c(C(=O)NCc4ccccc4)ccc4c3N([C@@H](C)CN(C)C)c3ccccc3S4)c21. The summed E-state index contributed by atoms with van der Waals surface area (Å²) < 4.78 is 12.4. The Labute approximate surface area is 394 Å². The number of fused-ring (bicyclic) bond motifs is 4. The smallest absolute Gasteiger partial charge is 0.415 e. The molecule has 66 heavy (non-hydrogen) atoms. The zero-order chi connectivity index (χ0) is 46.5. The molecule has 0 fully saturated rings. The Hall–Kier alpha value is -6.58. The van der Waals surface area contributed by atoms with Crippen LogP contribution in [0.5, 0.6) is 11.5 Å². The molecule has 0 bridgehead atoms. The molecule has 8 rings (SSSR count). The van der Waals surface area contributed by atoms with Gasteiger partial charge in [-0.15, -0.1) is 0 Å². The lowest BCUT2D eigenvalue weighted by atomic mass is 10.1. The number of anilines is 4. The van der Waals surface area contributed by atoms with Gasteiger partial charge in [0.1, 0.15) is 0 Å². The van der Waals surface area contributed by atoms with Crippen LogP contribution in [0.1, 0.15) is 45.7 Å². The number of esters is 2. The monoisotopic (exact) mass is 920 g/mol. The Morgan fingerprint density at radius 3 is 1.24 bits per heavy atom. The van der Waals surface area contributed by atoms with E-state index in [4.69, 9.17) is 9.47 Å². The van der Waals surface area contributed by atoms with Crippen LogP contribution in [0.2, 0.25) is 0 Å².